The molecule has 1 saturated heterocycles. The average Bonchev–Trinajstić information content (AvgIpc) is 3.16. The number of piperidine rings is 1. The Labute approximate surface area is 150 Å². The van der Waals surface area contributed by atoms with Crippen molar-refractivity contribution in [2.45, 2.75) is 18.9 Å². The van der Waals surface area contributed by atoms with E-state index in [1.807, 2.05) is 24.4 Å². The molecule has 1 N–H and O–H groups in total. The SMILES string of the molecule is O=C(O)C1CCN(C(c2ccsc2)c2cnc3ccccc3c2)CC1. The highest BCUT2D eigenvalue weighted by Gasteiger charge is 2.30. The first-order valence-electron chi connectivity index (χ1n) is 8.56. The summed E-state index contributed by atoms with van der Waals surface area (Å²) >= 11 is 1.69. The molecular weight excluding hydrogens is 332 g/mol. The van der Waals surface area contributed by atoms with Gasteiger partial charge in [0.2, 0.25) is 0 Å². The van der Waals surface area contributed by atoms with Crippen molar-refractivity contribution in [3.63, 3.8) is 0 Å². The number of benzene rings is 1. The van der Waals surface area contributed by atoms with Gasteiger partial charge in [-0.15, -0.1) is 0 Å². The summed E-state index contributed by atoms with van der Waals surface area (Å²) in [6.45, 7) is 1.59. The van der Waals surface area contributed by atoms with Crippen LogP contribution >= 0.6 is 11.3 Å². The van der Waals surface area contributed by atoms with Crippen LogP contribution in [0.15, 0.2) is 53.4 Å². The van der Waals surface area contributed by atoms with E-state index in [4.69, 9.17) is 0 Å². The number of aliphatic carboxylic acids is 1. The van der Waals surface area contributed by atoms with Gasteiger partial charge >= 0.3 is 5.97 Å². The molecule has 0 radical (unpaired) electrons. The van der Waals surface area contributed by atoms with Crippen LogP contribution in [0.3, 0.4) is 0 Å². The summed E-state index contributed by atoms with van der Waals surface area (Å²) in [6.07, 6.45) is 3.38. The summed E-state index contributed by atoms with van der Waals surface area (Å²) in [6, 6.07) is 12.7. The first-order chi connectivity index (χ1) is 12.2. The fourth-order valence-corrected chi connectivity index (χ4v) is 4.37. The lowest BCUT2D eigenvalue weighted by Crippen LogP contribution is -2.39. The Morgan fingerprint density at radius 3 is 2.72 bits per heavy atom. The average molecular weight is 352 g/mol. The summed E-state index contributed by atoms with van der Waals surface area (Å²) in [5.74, 6) is -0.881. The first-order valence-corrected chi connectivity index (χ1v) is 9.50. The number of carboxylic acid groups (broad SMARTS) is 1. The van der Waals surface area contributed by atoms with Crippen molar-refractivity contribution in [2.24, 2.45) is 5.92 Å². The van der Waals surface area contributed by atoms with E-state index in [-0.39, 0.29) is 12.0 Å². The smallest absolute Gasteiger partial charge is 0.306 e. The van der Waals surface area contributed by atoms with E-state index in [1.165, 1.54) is 11.1 Å². The highest BCUT2D eigenvalue weighted by atomic mass is 32.1. The zero-order chi connectivity index (χ0) is 17.2. The van der Waals surface area contributed by atoms with E-state index in [9.17, 15) is 9.90 Å². The molecule has 4 nitrogen and oxygen atoms in total. The third-order valence-electron chi connectivity index (χ3n) is 5.03. The van der Waals surface area contributed by atoms with Crippen molar-refractivity contribution in [2.75, 3.05) is 13.1 Å². The van der Waals surface area contributed by atoms with Crippen LogP contribution in [0.2, 0.25) is 0 Å². The Bertz CT molecular complexity index is 870. The number of likely N-dealkylation sites (tertiary alicyclic amines) is 1. The third kappa shape index (κ3) is 3.30. The number of nitrogens with zero attached hydrogens (tertiary/aromatic N) is 2. The van der Waals surface area contributed by atoms with Gasteiger partial charge in [0.1, 0.15) is 0 Å². The van der Waals surface area contributed by atoms with E-state index in [0.717, 1.165) is 24.0 Å². The molecule has 4 rings (SSSR count). The largest absolute Gasteiger partial charge is 0.481 e. The molecule has 1 aliphatic rings. The lowest BCUT2D eigenvalue weighted by Gasteiger charge is -2.36. The molecule has 1 unspecified atom stereocenters. The quantitative estimate of drug-likeness (QED) is 0.765. The molecule has 0 saturated carbocycles. The number of hydrogen-bond acceptors (Lipinski definition) is 4. The van der Waals surface area contributed by atoms with Gasteiger partial charge in [0.05, 0.1) is 17.5 Å². The molecule has 1 fully saturated rings. The normalized spacial score (nSPS) is 17.6. The standard InChI is InChI=1S/C20H20N2O2S/c23-20(24)14-5-8-22(9-6-14)19(16-7-10-25-13-16)17-11-15-3-1-2-4-18(15)21-12-17/h1-4,7,10-14,19H,5-6,8-9H2,(H,23,24). The molecule has 0 amide bonds. The number of thiophene rings is 1. The molecule has 0 spiro atoms. The van der Waals surface area contributed by atoms with Gasteiger partial charge in [-0.2, -0.15) is 11.3 Å². The number of para-hydroxylation sites is 1. The van der Waals surface area contributed by atoms with Crippen molar-refractivity contribution in [1.82, 2.24) is 9.88 Å². The molecule has 1 aliphatic heterocycles. The second-order valence-corrected chi connectivity index (χ2v) is 7.35. The summed E-state index contributed by atoms with van der Waals surface area (Å²) in [5.41, 5.74) is 3.43. The summed E-state index contributed by atoms with van der Waals surface area (Å²) in [7, 11) is 0. The van der Waals surface area contributed by atoms with Gasteiger partial charge in [-0.3, -0.25) is 14.7 Å². The van der Waals surface area contributed by atoms with Crippen LogP contribution in [0.25, 0.3) is 10.9 Å². The number of rotatable bonds is 4. The van der Waals surface area contributed by atoms with Crippen LogP contribution in [0, 0.1) is 5.92 Å². The van der Waals surface area contributed by atoms with E-state index in [2.05, 4.69) is 38.8 Å². The zero-order valence-electron chi connectivity index (χ0n) is 13.8. The number of fused-ring (bicyclic) bond motifs is 1. The van der Waals surface area contributed by atoms with Crippen molar-refractivity contribution in [3.05, 3.63) is 64.5 Å². The number of pyridine rings is 1. The lowest BCUT2D eigenvalue weighted by molar-refractivity contribution is -0.143. The van der Waals surface area contributed by atoms with Crippen molar-refractivity contribution in [3.8, 4) is 0 Å². The molecule has 1 atom stereocenters. The number of carbonyl (C=O) groups is 1. The Hall–Kier alpha value is -2.24. The monoisotopic (exact) mass is 352 g/mol. The Morgan fingerprint density at radius 2 is 2.00 bits per heavy atom. The maximum absolute atomic E-state index is 11.2. The highest BCUT2D eigenvalue weighted by molar-refractivity contribution is 7.08. The third-order valence-corrected chi connectivity index (χ3v) is 5.73. The topological polar surface area (TPSA) is 53.4 Å². The van der Waals surface area contributed by atoms with Crippen LogP contribution in [-0.4, -0.2) is 34.0 Å². The molecule has 5 heteroatoms. The molecule has 0 bridgehead atoms. The van der Waals surface area contributed by atoms with Crippen molar-refractivity contribution >= 4 is 28.2 Å². The molecule has 1 aromatic carbocycles. The Balaban J connectivity index is 1.68. The van der Waals surface area contributed by atoms with Gasteiger partial charge in [0.25, 0.3) is 0 Å². The predicted molar refractivity (Wildman–Crippen MR) is 99.8 cm³/mol. The molecule has 128 valence electrons. The van der Waals surface area contributed by atoms with Gasteiger partial charge in [0.15, 0.2) is 0 Å². The lowest BCUT2D eigenvalue weighted by atomic mass is 9.92. The molecule has 3 aromatic rings. The summed E-state index contributed by atoms with van der Waals surface area (Å²) < 4.78 is 0. The number of aromatic nitrogens is 1. The summed E-state index contributed by atoms with van der Waals surface area (Å²) in [5, 5.41) is 14.7. The minimum atomic E-state index is -0.667. The predicted octanol–water partition coefficient (Wildman–Crippen LogP) is 4.18. The van der Waals surface area contributed by atoms with Gasteiger partial charge in [-0.05, 0) is 66.0 Å². The van der Waals surface area contributed by atoms with Crippen LogP contribution in [0.5, 0.6) is 0 Å². The van der Waals surface area contributed by atoms with Crippen molar-refractivity contribution in [1.29, 1.82) is 0 Å². The van der Waals surface area contributed by atoms with Crippen LogP contribution in [0.1, 0.15) is 30.0 Å². The maximum atomic E-state index is 11.2. The minimum absolute atomic E-state index is 0.137. The second kappa shape index (κ2) is 6.94. The van der Waals surface area contributed by atoms with Crippen LogP contribution < -0.4 is 0 Å². The second-order valence-electron chi connectivity index (χ2n) is 6.57. The van der Waals surface area contributed by atoms with E-state index >= 15 is 0 Å². The first kappa shape index (κ1) is 16.2. The van der Waals surface area contributed by atoms with E-state index in [0.29, 0.717) is 12.8 Å². The Morgan fingerprint density at radius 1 is 1.20 bits per heavy atom. The van der Waals surface area contributed by atoms with Gasteiger partial charge in [-0.1, -0.05) is 18.2 Å². The van der Waals surface area contributed by atoms with E-state index < -0.39 is 5.97 Å². The maximum Gasteiger partial charge on any atom is 0.306 e. The number of hydrogen-bond donors (Lipinski definition) is 1. The fraction of sp³-hybridized carbons (Fsp3) is 0.300. The van der Waals surface area contributed by atoms with Crippen LogP contribution in [0.4, 0.5) is 0 Å². The molecule has 2 aromatic heterocycles. The molecule has 3 heterocycles. The molecular formula is C20H20N2O2S. The van der Waals surface area contributed by atoms with Gasteiger partial charge in [0, 0.05) is 11.6 Å². The van der Waals surface area contributed by atoms with Gasteiger partial charge < -0.3 is 5.11 Å². The minimum Gasteiger partial charge on any atom is -0.481 e. The highest BCUT2D eigenvalue weighted by Crippen LogP contribution is 2.34. The van der Waals surface area contributed by atoms with Crippen LogP contribution in [-0.2, 0) is 4.79 Å². The fourth-order valence-electron chi connectivity index (χ4n) is 3.69. The molecule has 0 aliphatic carbocycles. The van der Waals surface area contributed by atoms with Crippen molar-refractivity contribution < 1.29 is 9.90 Å². The zero-order valence-corrected chi connectivity index (χ0v) is 14.7. The molecule has 25 heavy (non-hydrogen) atoms. The van der Waals surface area contributed by atoms with E-state index in [1.54, 1.807) is 11.3 Å². The summed E-state index contributed by atoms with van der Waals surface area (Å²) in [4.78, 5) is 18.3. The van der Waals surface area contributed by atoms with Gasteiger partial charge in [-0.25, -0.2) is 0 Å². The Kier molecular flexibility index (Phi) is 4.51. The number of carboxylic acids is 1.